The van der Waals surface area contributed by atoms with Crippen LogP contribution in [0, 0.1) is 12.8 Å². The molecule has 1 N–H and O–H groups in total. The van der Waals surface area contributed by atoms with Crippen LogP contribution < -0.4 is 15.1 Å². The summed E-state index contributed by atoms with van der Waals surface area (Å²) in [7, 11) is 3.86. The van der Waals surface area contributed by atoms with Gasteiger partial charge in [0, 0.05) is 26.0 Å². The Morgan fingerprint density at radius 1 is 1.04 bits per heavy atom. The van der Waals surface area contributed by atoms with E-state index in [0.717, 1.165) is 16.2 Å². The first kappa shape index (κ1) is 18.3. The van der Waals surface area contributed by atoms with Gasteiger partial charge in [-0.15, -0.1) is 0 Å². The molecule has 1 atom stereocenters. The van der Waals surface area contributed by atoms with Gasteiger partial charge in [0.2, 0.25) is 5.91 Å². The minimum atomic E-state index is -1.17. The van der Waals surface area contributed by atoms with Crippen molar-refractivity contribution >= 4 is 41.1 Å². The van der Waals surface area contributed by atoms with Crippen LogP contribution in [0.5, 0.6) is 0 Å². The first-order valence-electron chi connectivity index (χ1n) is 8.44. The van der Waals surface area contributed by atoms with E-state index < -0.39 is 23.8 Å². The van der Waals surface area contributed by atoms with Gasteiger partial charge in [-0.1, -0.05) is 18.2 Å². The molecule has 0 bridgehead atoms. The number of rotatable bonds is 4. The van der Waals surface area contributed by atoms with Crippen molar-refractivity contribution in [2.75, 3.05) is 23.9 Å². The van der Waals surface area contributed by atoms with Crippen molar-refractivity contribution in [1.82, 2.24) is 5.32 Å². The molecule has 4 amide bonds. The number of aliphatic imine (C=N–C) groups is 1. The maximum Gasteiger partial charge on any atom is 0.335 e. The fourth-order valence-corrected chi connectivity index (χ4v) is 2.76. The van der Waals surface area contributed by atoms with E-state index in [2.05, 4.69) is 10.3 Å². The molecule has 138 valence electrons. The van der Waals surface area contributed by atoms with Crippen LogP contribution in [0.25, 0.3) is 0 Å². The lowest BCUT2D eigenvalue weighted by molar-refractivity contribution is -0.131. The Balaban J connectivity index is 1.86. The zero-order valence-corrected chi connectivity index (χ0v) is 15.3. The van der Waals surface area contributed by atoms with Crippen LogP contribution in [0.4, 0.5) is 21.9 Å². The highest BCUT2D eigenvalue weighted by atomic mass is 16.2. The molecule has 1 heterocycles. The van der Waals surface area contributed by atoms with Gasteiger partial charge in [-0.25, -0.2) is 9.69 Å². The second kappa shape index (κ2) is 7.41. The summed E-state index contributed by atoms with van der Waals surface area (Å²) in [6, 6.07) is 13.6. The lowest BCUT2D eigenvalue weighted by Gasteiger charge is -2.29. The van der Waals surface area contributed by atoms with Crippen molar-refractivity contribution in [3.05, 3.63) is 54.1 Å². The van der Waals surface area contributed by atoms with Gasteiger partial charge in [0.25, 0.3) is 5.91 Å². The van der Waals surface area contributed by atoms with Crippen LogP contribution in [-0.2, 0) is 9.59 Å². The van der Waals surface area contributed by atoms with Gasteiger partial charge in [-0.2, -0.15) is 0 Å². The van der Waals surface area contributed by atoms with E-state index in [-0.39, 0.29) is 0 Å². The van der Waals surface area contributed by atoms with Crippen LogP contribution in [0.15, 0.2) is 53.5 Å². The Labute approximate surface area is 157 Å². The third kappa shape index (κ3) is 3.72. The number of anilines is 2. The molecule has 0 saturated carbocycles. The number of benzene rings is 2. The number of carbonyl (C=O) groups is 3. The van der Waals surface area contributed by atoms with Crippen LogP contribution in [0.2, 0.25) is 0 Å². The first-order valence-corrected chi connectivity index (χ1v) is 8.44. The number of amides is 4. The lowest BCUT2D eigenvalue weighted by Crippen LogP contribution is -2.58. The van der Waals surface area contributed by atoms with Gasteiger partial charge < -0.3 is 4.90 Å². The number of urea groups is 1. The molecule has 0 aliphatic carbocycles. The summed E-state index contributed by atoms with van der Waals surface area (Å²) in [6.45, 7) is 1.79. The summed E-state index contributed by atoms with van der Waals surface area (Å²) in [4.78, 5) is 44.4. The largest absolute Gasteiger partial charge is 0.378 e. The molecule has 0 unspecified atom stereocenters. The zero-order chi connectivity index (χ0) is 19.6. The monoisotopic (exact) mass is 364 g/mol. The van der Waals surface area contributed by atoms with Crippen LogP contribution in [0.1, 0.15) is 5.56 Å². The van der Waals surface area contributed by atoms with E-state index in [0.29, 0.717) is 11.4 Å². The third-order valence-corrected chi connectivity index (χ3v) is 4.30. The molecular weight excluding hydrogens is 344 g/mol. The molecule has 1 aliphatic heterocycles. The molecule has 2 aromatic carbocycles. The number of carbonyl (C=O) groups excluding carboxylic acids is 3. The van der Waals surface area contributed by atoms with Crippen molar-refractivity contribution < 1.29 is 14.4 Å². The summed E-state index contributed by atoms with van der Waals surface area (Å²) in [5.74, 6) is -2.47. The van der Waals surface area contributed by atoms with Crippen LogP contribution in [0.3, 0.4) is 0 Å². The maximum atomic E-state index is 12.8. The highest BCUT2D eigenvalue weighted by molar-refractivity contribution is 6.32. The van der Waals surface area contributed by atoms with Crippen molar-refractivity contribution in [2.24, 2.45) is 10.9 Å². The molecule has 0 radical (unpaired) electrons. The number of para-hydroxylation sites is 1. The minimum absolute atomic E-state index is 0.446. The van der Waals surface area contributed by atoms with Gasteiger partial charge in [-0.05, 0) is 42.8 Å². The van der Waals surface area contributed by atoms with Crippen molar-refractivity contribution in [2.45, 2.75) is 6.92 Å². The summed E-state index contributed by atoms with van der Waals surface area (Å²) < 4.78 is 0. The fourth-order valence-electron chi connectivity index (χ4n) is 2.76. The van der Waals surface area contributed by atoms with Gasteiger partial charge in [0.05, 0.1) is 11.4 Å². The van der Waals surface area contributed by atoms with E-state index in [1.54, 1.807) is 37.3 Å². The Morgan fingerprint density at radius 3 is 2.33 bits per heavy atom. The van der Waals surface area contributed by atoms with E-state index in [4.69, 9.17) is 0 Å². The number of barbiturate groups is 1. The van der Waals surface area contributed by atoms with Crippen molar-refractivity contribution in [3.8, 4) is 0 Å². The predicted octanol–water partition coefficient (Wildman–Crippen LogP) is 2.66. The number of nitrogens with one attached hydrogen (secondary N) is 1. The molecule has 0 aromatic heterocycles. The number of hydrogen-bond donors (Lipinski definition) is 1. The second-order valence-corrected chi connectivity index (χ2v) is 6.42. The first-order chi connectivity index (χ1) is 12.9. The average molecular weight is 364 g/mol. The third-order valence-electron chi connectivity index (χ3n) is 4.30. The molecule has 1 fully saturated rings. The summed E-state index contributed by atoms with van der Waals surface area (Å²) in [5.41, 5.74) is 2.82. The summed E-state index contributed by atoms with van der Waals surface area (Å²) >= 11 is 0. The highest BCUT2D eigenvalue weighted by Gasteiger charge is 2.40. The van der Waals surface area contributed by atoms with Crippen molar-refractivity contribution in [3.63, 3.8) is 0 Å². The Kier molecular flexibility index (Phi) is 5.03. The van der Waals surface area contributed by atoms with E-state index >= 15 is 0 Å². The SMILES string of the molecule is Cc1ccccc1N1C(=O)NC(=O)[C@H](C=Nc2ccc(N(C)C)cc2)C1=O. The Morgan fingerprint density at radius 2 is 1.70 bits per heavy atom. The molecule has 2 aromatic rings. The normalized spacial score (nSPS) is 17.4. The predicted molar refractivity (Wildman–Crippen MR) is 105 cm³/mol. The average Bonchev–Trinajstić information content (AvgIpc) is 2.63. The van der Waals surface area contributed by atoms with Crippen LogP contribution >= 0.6 is 0 Å². The maximum absolute atomic E-state index is 12.8. The summed E-state index contributed by atoms with van der Waals surface area (Å²) in [6.07, 6.45) is 1.28. The molecule has 3 rings (SSSR count). The Hall–Kier alpha value is -3.48. The molecular formula is C20H20N4O3. The quantitative estimate of drug-likeness (QED) is 0.668. The Bertz CT molecular complexity index is 919. The second-order valence-electron chi connectivity index (χ2n) is 6.42. The molecule has 27 heavy (non-hydrogen) atoms. The van der Waals surface area contributed by atoms with Gasteiger partial charge in [-0.3, -0.25) is 19.9 Å². The van der Waals surface area contributed by atoms with E-state index in [9.17, 15) is 14.4 Å². The van der Waals surface area contributed by atoms with Gasteiger partial charge >= 0.3 is 6.03 Å². The zero-order valence-electron chi connectivity index (χ0n) is 15.3. The van der Waals surface area contributed by atoms with Crippen LogP contribution in [-0.4, -0.2) is 38.2 Å². The number of hydrogen-bond acceptors (Lipinski definition) is 5. The highest BCUT2D eigenvalue weighted by Crippen LogP contribution is 2.24. The topological polar surface area (TPSA) is 82.1 Å². The number of imide groups is 2. The van der Waals surface area contributed by atoms with Gasteiger partial charge in [0.1, 0.15) is 0 Å². The number of aryl methyl sites for hydroxylation is 1. The van der Waals surface area contributed by atoms with Gasteiger partial charge in [0.15, 0.2) is 5.92 Å². The minimum Gasteiger partial charge on any atom is -0.378 e. The molecule has 7 heteroatoms. The molecule has 1 aliphatic rings. The fraction of sp³-hybridized carbons (Fsp3) is 0.200. The lowest BCUT2D eigenvalue weighted by atomic mass is 10.0. The van der Waals surface area contributed by atoms with Crippen molar-refractivity contribution in [1.29, 1.82) is 0 Å². The van der Waals surface area contributed by atoms with E-state index in [1.807, 2.05) is 37.2 Å². The standard InChI is InChI=1S/C20H20N4O3/c1-13-6-4-5-7-17(13)24-19(26)16(18(25)22-20(24)27)12-21-14-8-10-15(11-9-14)23(2)3/h4-12,16H,1-3H3,(H,22,25,27)/t16-/m0/s1. The van der Waals surface area contributed by atoms with E-state index in [1.165, 1.54) is 6.21 Å². The molecule has 0 spiro atoms. The molecule has 1 saturated heterocycles. The number of nitrogens with zero attached hydrogens (tertiary/aromatic N) is 3. The molecule has 7 nitrogen and oxygen atoms in total. The smallest absolute Gasteiger partial charge is 0.335 e. The summed E-state index contributed by atoms with van der Waals surface area (Å²) in [5, 5.41) is 2.23.